The fourth-order valence-corrected chi connectivity index (χ4v) is 6.38. The number of hydrogen-bond donors (Lipinski definition) is 1. The lowest BCUT2D eigenvalue weighted by molar-refractivity contribution is -0.134. The molecule has 1 spiro atoms. The number of piperidine rings is 1. The van der Waals surface area contributed by atoms with Gasteiger partial charge in [-0.05, 0) is 30.3 Å². The molecule has 3 aromatic rings. The van der Waals surface area contributed by atoms with Crippen molar-refractivity contribution in [2.75, 3.05) is 31.6 Å². The molecule has 2 amide bonds. The molecule has 0 bridgehead atoms. The third kappa shape index (κ3) is 4.29. The molecule has 5 rings (SSSR count). The van der Waals surface area contributed by atoms with E-state index in [2.05, 4.69) is 10.3 Å². The number of anilines is 1. The molecule has 0 radical (unpaired) electrons. The SMILES string of the molecule is O=C(Nc1ccccc1-c1ccccn1)N1CCC2(OCCN2S(=O)(=O)c2ccccc2)C(F)C1. The van der Waals surface area contributed by atoms with Gasteiger partial charge in [-0.3, -0.25) is 4.98 Å². The Morgan fingerprint density at radius 1 is 1.03 bits per heavy atom. The van der Waals surface area contributed by atoms with E-state index in [1.165, 1.54) is 17.0 Å². The third-order valence-corrected chi connectivity index (χ3v) is 8.35. The van der Waals surface area contributed by atoms with E-state index in [-0.39, 0.29) is 37.6 Å². The van der Waals surface area contributed by atoms with Crippen molar-refractivity contribution in [3.05, 3.63) is 79.0 Å². The van der Waals surface area contributed by atoms with Crippen molar-refractivity contribution in [3.63, 3.8) is 0 Å². The Labute approximate surface area is 203 Å². The molecule has 8 nitrogen and oxygen atoms in total. The Kier molecular flexibility index (Phi) is 6.26. The monoisotopic (exact) mass is 496 g/mol. The zero-order valence-electron chi connectivity index (χ0n) is 18.9. The Balaban J connectivity index is 1.33. The van der Waals surface area contributed by atoms with Crippen LogP contribution in [0.1, 0.15) is 6.42 Å². The highest BCUT2D eigenvalue weighted by molar-refractivity contribution is 7.89. The maximum absolute atomic E-state index is 15.7. The smallest absolute Gasteiger partial charge is 0.321 e. The first-order chi connectivity index (χ1) is 16.9. The standard InChI is InChI=1S/C25H25FN4O4S/c26-23-18-29(24(31)28-22-12-5-4-10-20(22)21-11-6-7-14-27-21)15-13-25(23)30(16-17-34-25)35(32,33)19-8-2-1-3-9-19/h1-12,14,23H,13,15-18H2,(H,28,31). The van der Waals surface area contributed by atoms with E-state index in [9.17, 15) is 13.2 Å². The van der Waals surface area contributed by atoms with E-state index in [1.807, 2.05) is 30.3 Å². The number of benzene rings is 2. The average Bonchev–Trinajstić information content (AvgIpc) is 3.33. The molecule has 0 saturated carbocycles. The lowest BCUT2D eigenvalue weighted by atomic mass is 9.99. The van der Waals surface area contributed by atoms with Crippen LogP contribution in [0.15, 0.2) is 83.9 Å². The van der Waals surface area contributed by atoms with Gasteiger partial charge in [0.25, 0.3) is 0 Å². The normalized spacial score (nSPS) is 22.9. The predicted octanol–water partition coefficient (Wildman–Crippen LogP) is 3.74. The lowest BCUT2D eigenvalue weighted by Crippen LogP contribution is -2.63. The van der Waals surface area contributed by atoms with Gasteiger partial charge in [0.1, 0.15) is 0 Å². The van der Waals surface area contributed by atoms with Gasteiger partial charge in [0, 0.05) is 31.3 Å². The van der Waals surface area contributed by atoms with Crippen LogP contribution < -0.4 is 5.32 Å². The van der Waals surface area contributed by atoms with Gasteiger partial charge in [0.2, 0.25) is 10.0 Å². The van der Waals surface area contributed by atoms with Crippen LogP contribution in [-0.2, 0) is 14.8 Å². The molecule has 2 aromatic carbocycles. The summed E-state index contributed by atoms with van der Waals surface area (Å²) in [7, 11) is -3.96. The number of likely N-dealkylation sites (tertiary alicyclic amines) is 1. The van der Waals surface area contributed by atoms with Crippen molar-refractivity contribution in [3.8, 4) is 11.3 Å². The zero-order valence-corrected chi connectivity index (χ0v) is 19.7. The number of rotatable bonds is 4. The number of nitrogens with zero attached hydrogens (tertiary/aromatic N) is 3. The van der Waals surface area contributed by atoms with E-state index >= 15 is 4.39 Å². The molecule has 35 heavy (non-hydrogen) atoms. The summed E-state index contributed by atoms with van der Waals surface area (Å²) in [6.07, 6.45) is -0.0213. The van der Waals surface area contributed by atoms with E-state index in [0.29, 0.717) is 11.4 Å². The molecule has 182 valence electrons. The predicted molar refractivity (Wildman–Crippen MR) is 129 cm³/mol. The quantitative estimate of drug-likeness (QED) is 0.594. The van der Waals surface area contributed by atoms with Gasteiger partial charge in [-0.25, -0.2) is 17.6 Å². The Bertz CT molecular complexity index is 1310. The molecule has 2 aliphatic heterocycles. The highest BCUT2D eigenvalue weighted by Crippen LogP contribution is 2.40. The highest BCUT2D eigenvalue weighted by Gasteiger charge is 2.57. The lowest BCUT2D eigenvalue weighted by Gasteiger charge is -2.44. The number of carbonyl (C=O) groups excluding carboxylic acids is 1. The number of carbonyl (C=O) groups is 1. The Morgan fingerprint density at radius 2 is 1.77 bits per heavy atom. The first kappa shape index (κ1) is 23.4. The van der Waals surface area contributed by atoms with Gasteiger partial charge in [0.05, 0.1) is 29.4 Å². The number of alkyl halides is 1. The topological polar surface area (TPSA) is 91.8 Å². The van der Waals surface area contributed by atoms with Crippen LogP contribution in [0.4, 0.5) is 14.9 Å². The summed E-state index contributed by atoms with van der Waals surface area (Å²) in [6.45, 7) is -0.00532. The van der Waals surface area contributed by atoms with Gasteiger partial charge in [0.15, 0.2) is 11.9 Å². The van der Waals surface area contributed by atoms with Crippen LogP contribution in [-0.4, -0.2) is 66.8 Å². The molecule has 2 unspecified atom stereocenters. The molecule has 2 saturated heterocycles. The molecular formula is C25H25FN4O4S. The maximum atomic E-state index is 15.7. The van der Waals surface area contributed by atoms with Gasteiger partial charge in [-0.1, -0.05) is 42.5 Å². The van der Waals surface area contributed by atoms with Crippen molar-refractivity contribution in [2.45, 2.75) is 23.2 Å². The van der Waals surface area contributed by atoms with Crippen molar-refractivity contribution in [1.29, 1.82) is 0 Å². The van der Waals surface area contributed by atoms with Crippen molar-refractivity contribution >= 4 is 21.7 Å². The number of ether oxygens (including phenoxy) is 1. The number of amides is 2. The summed E-state index contributed by atoms with van der Waals surface area (Å²) in [4.78, 5) is 18.8. The van der Waals surface area contributed by atoms with Gasteiger partial charge in [-0.2, -0.15) is 4.31 Å². The van der Waals surface area contributed by atoms with Gasteiger partial charge < -0.3 is 15.0 Å². The molecular weight excluding hydrogens is 471 g/mol. The van der Waals surface area contributed by atoms with Crippen molar-refractivity contribution in [1.82, 2.24) is 14.2 Å². The van der Waals surface area contributed by atoms with Gasteiger partial charge >= 0.3 is 6.03 Å². The van der Waals surface area contributed by atoms with Crippen LogP contribution in [0.2, 0.25) is 0 Å². The summed E-state index contributed by atoms with van der Waals surface area (Å²) >= 11 is 0. The number of nitrogens with one attached hydrogen (secondary N) is 1. The van der Waals surface area contributed by atoms with E-state index in [4.69, 9.17) is 4.74 Å². The van der Waals surface area contributed by atoms with Crippen molar-refractivity contribution < 1.29 is 22.3 Å². The summed E-state index contributed by atoms with van der Waals surface area (Å²) < 4.78 is 49.1. The fraction of sp³-hybridized carbons (Fsp3) is 0.280. The molecule has 1 N–H and O–H groups in total. The average molecular weight is 497 g/mol. The molecule has 10 heteroatoms. The molecule has 0 aliphatic carbocycles. The van der Waals surface area contributed by atoms with E-state index < -0.39 is 28.0 Å². The number of sulfonamides is 1. The number of urea groups is 1. The molecule has 1 aromatic heterocycles. The number of pyridine rings is 1. The fourth-order valence-electron chi connectivity index (χ4n) is 4.65. The second-order valence-corrected chi connectivity index (χ2v) is 10.3. The minimum absolute atomic E-state index is 0.0234. The zero-order chi connectivity index (χ0) is 24.5. The second-order valence-electron chi connectivity index (χ2n) is 8.44. The van der Waals surface area contributed by atoms with Crippen LogP contribution in [0, 0.1) is 0 Å². The number of para-hydroxylation sites is 1. The first-order valence-electron chi connectivity index (χ1n) is 11.3. The van der Waals surface area contributed by atoms with Crippen LogP contribution in [0.5, 0.6) is 0 Å². The largest absolute Gasteiger partial charge is 0.355 e. The molecule has 2 fully saturated rings. The molecule has 2 atom stereocenters. The minimum atomic E-state index is -3.96. The van der Waals surface area contributed by atoms with Crippen LogP contribution in [0.3, 0.4) is 0 Å². The summed E-state index contributed by atoms with van der Waals surface area (Å²) in [5.74, 6) is 0. The minimum Gasteiger partial charge on any atom is -0.355 e. The highest BCUT2D eigenvalue weighted by atomic mass is 32.2. The third-order valence-electron chi connectivity index (χ3n) is 6.41. The van der Waals surface area contributed by atoms with Crippen molar-refractivity contribution in [2.24, 2.45) is 0 Å². The summed E-state index contributed by atoms with van der Waals surface area (Å²) in [6, 6.07) is 20.2. The Morgan fingerprint density at radius 3 is 2.51 bits per heavy atom. The Hall–Kier alpha value is -3.34. The van der Waals surface area contributed by atoms with Crippen LogP contribution >= 0.6 is 0 Å². The number of aromatic nitrogens is 1. The maximum Gasteiger partial charge on any atom is 0.321 e. The number of halogens is 1. The summed E-state index contributed by atoms with van der Waals surface area (Å²) in [5.41, 5.74) is 0.367. The van der Waals surface area contributed by atoms with E-state index in [1.54, 1.807) is 36.5 Å². The van der Waals surface area contributed by atoms with Crippen LogP contribution in [0.25, 0.3) is 11.3 Å². The molecule has 3 heterocycles. The number of hydrogen-bond acceptors (Lipinski definition) is 5. The molecule has 2 aliphatic rings. The second kappa shape index (κ2) is 9.37. The first-order valence-corrected chi connectivity index (χ1v) is 12.8. The van der Waals surface area contributed by atoms with Gasteiger partial charge in [-0.15, -0.1) is 0 Å². The summed E-state index contributed by atoms with van der Waals surface area (Å²) in [5, 5.41) is 2.85. The van der Waals surface area contributed by atoms with E-state index in [0.717, 1.165) is 9.87 Å².